The number of hydrogen-bond donors (Lipinski definition) is 3. The van der Waals surface area contributed by atoms with E-state index in [4.69, 9.17) is 10.8 Å². The normalized spacial score (nSPS) is 11.0. The van der Waals surface area contributed by atoms with Crippen molar-refractivity contribution >= 4 is 18.5 Å². The summed E-state index contributed by atoms with van der Waals surface area (Å²) in [5, 5.41) is 14.4. The first kappa shape index (κ1) is 9.78. The topological polar surface area (TPSA) is 118 Å². The highest BCUT2D eigenvalue weighted by atomic mass is 16.5. The van der Waals surface area contributed by atoms with Crippen molar-refractivity contribution in [2.45, 2.75) is 0 Å². The van der Waals surface area contributed by atoms with Crippen molar-refractivity contribution in [3.8, 4) is 5.88 Å². The van der Waals surface area contributed by atoms with Gasteiger partial charge in [0.25, 0.3) is 6.47 Å². The molecule has 0 aliphatic carbocycles. The second kappa shape index (κ2) is 4.08. The zero-order valence-electron chi connectivity index (χ0n) is 6.93. The Morgan fingerprint density at radius 2 is 2.43 bits per heavy atom. The molecular formula is C7H7N3O4. The zero-order chi connectivity index (χ0) is 10.6. The number of nitrogens with two attached hydrogens (primary N) is 1. The highest BCUT2D eigenvalue weighted by Gasteiger charge is 2.03. The quantitative estimate of drug-likeness (QED) is 0.435. The van der Waals surface area contributed by atoms with Gasteiger partial charge in [0.2, 0.25) is 5.88 Å². The molecule has 0 aliphatic heterocycles. The predicted octanol–water partition coefficient (Wildman–Crippen LogP) is -0.671. The maximum atomic E-state index is 10.3. The minimum Gasteiger partial charge on any atom is -0.477 e. The second-order valence-corrected chi connectivity index (χ2v) is 2.28. The minimum atomic E-state index is -1.24. The van der Waals surface area contributed by atoms with Crippen LogP contribution in [0.25, 0.3) is 6.08 Å². The van der Waals surface area contributed by atoms with Crippen LogP contribution in [0, 0.1) is 0 Å². The molecule has 7 heteroatoms. The number of carboxylic acid groups (broad SMARTS) is 1. The number of aromatic amines is 1. The molecule has 0 bridgehead atoms. The average Bonchev–Trinajstić information content (AvgIpc) is 2.53. The first-order valence-electron chi connectivity index (χ1n) is 3.49. The summed E-state index contributed by atoms with van der Waals surface area (Å²) in [5.74, 6) is -1.19. The first-order valence-corrected chi connectivity index (χ1v) is 3.49. The lowest BCUT2D eigenvalue weighted by Gasteiger charge is -1.89. The van der Waals surface area contributed by atoms with Crippen molar-refractivity contribution in [2.24, 2.45) is 5.73 Å². The summed E-state index contributed by atoms with van der Waals surface area (Å²) in [6.45, 7) is 0.213. The van der Waals surface area contributed by atoms with Crippen molar-refractivity contribution in [1.29, 1.82) is 0 Å². The van der Waals surface area contributed by atoms with E-state index in [-0.39, 0.29) is 18.0 Å². The minimum absolute atomic E-state index is 0.0458. The number of aromatic nitrogens is 2. The van der Waals surface area contributed by atoms with Crippen molar-refractivity contribution in [3.05, 3.63) is 17.5 Å². The van der Waals surface area contributed by atoms with Crippen LogP contribution in [0.15, 0.2) is 11.8 Å². The van der Waals surface area contributed by atoms with Gasteiger partial charge in [-0.15, -0.1) is 5.10 Å². The van der Waals surface area contributed by atoms with Gasteiger partial charge in [0.05, 0.1) is 5.69 Å². The van der Waals surface area contributed by atoms with Crippen molar-refractivity contribution in [1.82, 2.24) is 10.2 Å². The van der Waals surface area contributed by atoms with Crippen LogP contribution in [0.1, 0.15) is 5.69 Å². The standard InChI is InChI=1S/C7H7N3O4/c8-5(7(12)13)1-4-2-6(10-9-4)14-3-11/h1-3H,8H2,(H,9,10)(H,12,13)/b5-1-. The summed E-state index contributed by atoms with van der Waals surface area (Å²) >= 11 is 0. The van der Waals surface area contributed by atoms with Gasteiger partial charge in [0, 0.05) is 6.07 Å². The molecule has 0 aromatic carbocycles. The molecule has 4 N–H and O–H groups in total. The van der Waals surface area contributed by atoms with Crippen LogP contribution in [0.2, 0.25) is 0 Å². The van der Waals surface area contributed by atoms with Crippen LogP contribution in [0.4, 0.5) is 0 Å². The second-order valence-electron chi connectivity index (χ2n) is 2.28. The van der Waals surface area contributed by atoms with E-state index < -0.39 is 5.97 Å². The Morgan fingerprint density at radius 3 is 3.00 bits per heavy atom. The molecule has 0 spiro atoms. The Hall–Kier alpha value is -2.31. The Morgan fingerprint density at radius 1 is 1.71 bits per heavy atom. The van der Waals surface area contributed by atoms with Crippen LogP contribution < -0.4 is 10.5 Å². The van der Waals surface area contributed by atoms with E-state index >= 15 is 0 Å². The number of hydrogen-bond acceptors (Lipinski definition) is 5. The summed E-state index contributed by atoms with van der Waals surface area (Å²) < 4.78 is 4.39. The monoisotopic (exact) mass is 197 g/mol. The van der Waals surface area contributed by atoms with E-state index in [9.17, 15) is 9.59 Å². The first-order chi connectivity index (χ1) is 6.63. The number of ether oxygens (including phenoxy) is 1. The molecule has 0 atom stereocenters. The van der Waals surface area contributed by atoms with Crippen LogP contribution >= 0.6 is 0 Å². The largest absolute Gasteiger partial charge is 0.477 e. The molecule has 0 saturated heterocycles. The van der Waals surface area contributed by atoms with Crippen LogP contribution in [-0.2, 0) is 9.59 Å². The maximum absolute atomic E-state index is 10.3. The van der Waals surface area contributed by atoms with E-state index in [0.29, 0.717) is 5.69 Å². The molecule has 0 saturated carbocycles. The molecule has 14 heavy (non-hydrogen) atoms. The number of aliphatic carboxylic acids is 1. The van der Waals surface area contributed by atoms with Gasteiger partial charge in [0.1, 0.15) is 5.70 Å². The molecule has 0 amide bonds. The molecule has 7 nitrogen and oxygen atoms in total. The summed E-state index contributed by atoms with van der Waals surface area (Å²) in [6, 6.07) is 1.34. The van der Waals surface area contributed by atoms with Crippen molar-refractivity contribution < 1.29 is 19.4 Å². The SMILES string of the molecule is N/C(=C\c1cc(OC=O)n[nH]1)C(=O)O. The fourth-order valence-electron chi connectivity index (χ4n) is 0.730. The van der Waals surface area contributed by atoms with Crippen LogP contribution in [-0.4, -0.2) is 27.7 Å². The van der Waals surface area contributed by atoms with E-state index in [1.54, 1.807) is 0 Å². The fourth-order valence-corrected chi connectivity index (χ4v) is 0.730. The van der Waals surface area contributed by atoms with Gasteiger partial charge in [-0.2, -0.15) is 0 Å². The lowest BCUT2D eigenvalue weighted by atomic mass is 10.3. The van der Waals surface area contributed by atoms with Gasteiger partial charge in [-0.1, -0.05) is 0 Å². The number of nitrogens with zero attached hydrogens (tertiary/aromatic N) is 1. The summed E-state index contributed by atoms with van der Waals surface area (Å²) in [7, 11) is 0. The molecule has 1 rings (SSSR count). The number of H-pyrrole nitrogens is 1. The smallest absolute Gasteiger partial charge is 0.351 e. The molecule has 74 valence electrons. The molecular weight excluding hydrogens is 190 g/mol. The number of carbonyl (C=O) groups is 2. The van der Waals surface area contributed by atoms with Crippen molar-refractivity contribution in [2.75, 3.05) is 0 Å². The van der Waals surface area contributed by atoms with Crippen LogP contribution in [0.3, 0.4) is 0 Å². The summed E-state index contributed by atoms with van der Waals surface area (Å²) in [5.41, 5.74) is 5.13. The van der Waals surface area contributed by atoms with Crippen molar-refractivity contribution in [3.63, 3.8) is 0 Å². The van der Waals surface area contributed by atoms with E-state index in [0.717, 1.165) is 6.08 Å². The van der Waals surface area contributed by atoms with Gasteiger partial charge in [-0.05, 0) is 6.08 Å². The molecule has 0 unspecified atom stereocenters. The molecule has 0 radical (unpaired) electrons. The Balaban J connectivity index is 2.82. The number of nitrogens with one attached hydrogen (secondary N) is 1. The summed E-state index contributed by atoms with van der Waals surface area (Å²) in [4.78, 5) is 20.2. The molecule has 1 aromatic heterocycles. The molecule has 1 heterocycles. The average molecular weight is 197 g/mol. The predicted molar refractivity (Wildman–Crippen MR) is 45.1 cm³/mol. The van der Waals surface area contributed by atoms with E-state index in [1.165, 1.54) is 6.07 Å². The zero-order valence-corrected chi connectivity index (χ0v) is 6.93. The van der Waals surface area contributed by atoms with E-state index in [2.05, 4.69) is 14.9 Å². The Bertz CT molecular complexity index is 382. The van der Waals surface area contributed by atoms with Gasteiger partial charge < -0.3 is 15.6 Å². The number of carbonyl (C=O) groups excluding carboxylic acids is 1. The Labute approximate surface area is 78.2 Å². The molecule has 1 aromatic rings. The third kappa shape index (κ3) is 2.34. The number of carboxylic acids is 1. The maximum Gasteiger partial charge on any atom is 0.351 e. The third-order valence-corrected chi connectivity index (χ3v) is 1.30. The van der Waals surface area contributed by atoms with Gasteiger partial charge >= 0.3 is 5.97 Å². The van der Waals surface area contributed by atoms with Crippen LogP contribution in [0.5, 0.6) is 5.88 Å². The Kier molecular flexibility index (Phi) is 2.85. The van der Waals surface area contributed by atoms with Gasteiger partial charge in [-0.25, -0.2) is 4.79 Å². The van der Waals surface area contributed by atoms with Gasteiger partial charge in [0.15, 0.2) is 0 Å². The molecule has 0 fully saturated rings. The fraction of sp³-hybridized carbons (Fsp3) is 0. The summed E-state index contributed by atoms with van der Waals surface area (Å²) in [6.07, 6.45) is 1.16. The molecule has 0 aliphatic rings. The van der Waals surface area contributed by atoms with Gasteiger partial charge in [-0.3, -0.25) is 9.89 Å². The highest BCUT2D eigenvalue weighted by Crippen LogP contribution is 2.09. The lowest BCUT2D eigenvalue weighted by molar-refractivity contribution is -0.132. The lowest BCUT2D eigenvalue weighted by Crippen LogP contribution is -2.09. The van der Waals surface area contributed by atoms with E-state index in [1.807, 2.05) is 0 Å². The highest BCUT2D eigenvalue weighted by molar-refractivity contribution is 5.90. The number of rotatable bonds is 4. The third-order valence-electron chi connectivity index (χ3n) is 1.30.